The molecule has 1 fully saturated rings. The minimum Gasteiger partial charge on any atom is -0.489 e. The van der Waals surface area contributed by atoms with E-state index in [0.29, 0.717) is 12.5 Å². The van der Waals surface area contributed by atoms with Crippen LogP contribution in [0.15, 0.2) is 22.7 Å². The summed E-state index contributed by atoms with van der Waals surface area (Å²) in [7, 11) is 0. The van der Waals surface area contributed by atoms with Crippen LogP contribution in [0.1, 0.15) is 37.7 Å². The molecule has 1 aliphatic carbocycles. The van der Waals surface area contributed by atoms with Gasteiger partial charge >= 0.3 is 0 Å². The van der Waals surface area contributed by atoms with Gasteiger partial charge in [0.1, 0.15) is 12.0 Å². The van der Waals surface area contributed by atoms with Crippen molar-refractivity contribution < 1.29 is 9.53 Å². The average Bonchev–Trinajstić information content (AvgIpc) is 3.05. The van der Waals surface area contributed by atoms with Gasteiger partial charge in [-0.3, -0.25) is 0 Å². The monoisotopic (exact) mass is 282 g/mol. The SMILES string of the molecule is CC(CC=O)c1ccc(OC2CC2)c(Br)c1. The first-order valence-electron chi connectivity index (χ1n) is 5.60. The molecule has 3 heteroatoms. The van der Waals surface area contributed by atoms with E-state index in [1.807, 2.05) is 18.2 Å². The molecule has 0 saturated heterocycles. The van der Waals surface area contributed by atoms with Crippen LogP contribution in [-0.4, -0.2) is 12.4 Å². The smallest absolute Gasteiger partial charge is 0.133 e. The lowest BCUT2D eigenvalue weighted by Gasteiger charge is -2.12. The van der Waals surface area contributed by atoms with E-state index in [1.165, 1.54) is 5.56 Å². The second-order valence-electron chi connectivity index (χ2n) is 4.31. The van der Waals surface area contributed by atoms with Crippen LogP contribution in [-0.2, 0) is 4.79 Å². The Morgan fingerprint density at radius 2 is 2.31 bits per heavy atom. The largest absolute Gasteiger partial charge is 0.489 e. The number of rotatable bonds is 5. The molecule has 1 aromatic carbocycles. The van der Waals surface area contributed by atoms with E-state index in [4.69, 9.17) is 4.74 Å². The van der Waals surface area contributed by atoms with Gasteiger partial charge < -0.3 is 9.53 Å². The molecule has 0 spiro atoms. The van der Waals surface area contributed by atoms with Crippen molar-refractivity contribution in [2.24, 2.45) is 0 Å². The van der Waals surface area contributed by atoms with Crippen LogP contribution in [0.2, 0.25) is 0 Å². The van der Waals surface area contributed by atoms with Gasteiger partial charge in [0.2, 0.25) is 0 Å². The zero-order chi connectivity index (χ0) is 11.5. The summed E-state index contributed by atoms with van der Waals surface area (Å²) in [4.78, 5) is 10.5. The lowest BCUT2D eigenvalue weighted by atomic mass is 9.98. The maximum atomic E-state index is 10.5. The van der Waals surface area contributed by atoms with Crippen molar-refractivity contribution in [1.82, 2.24) is 0 Å². The fourth-order valence-corrected chi connectivity index (χ4v) is 2.06. The van der Waals surface area contributed by atoms with E-state index in [-0.39, 0.29) is 5.92 Å². The first kappa shape index (κ1) is 11.6. The summed E-state index contributed by atoms with van der Waals surface area (Å²) in [5, 5.41) is 0. The Kier molecular flexibility index (Phi) is 3.64. The highest BCUT2D eigenvalue weighted by molar-refractivity contribution is 9.10. The molecule has 16 heavy (non-hydrogen) atoms. The van der Waals surface area contributed by atoms with Gasteiger partial charge in [0, 0.05) is 6.42 Å². The summed E-state index contributed by atoms with van der Waals surface area (Å²) in [5.74, 6) is 1.17. The van der Waals surface area contributed by atoms with Crippen molar-refractivity contribution >= 4 is 22.2 Å². The van der Waals surface area contributed by atoms with Crippen LogP contribution in [0.5, 0.6) is 5.75 Å². The van der Waals surface area contributed by atoms with Crippen molar-refractivity contribution in [3.63, 3.8) is 0 Å². The molecule has 0 aliphatic heterocycles. The Morgan fingerprint density at radius 1 is 1.56 bits per heavy atom. The molecule has 0 radical (unpaired) electrons. The maximum absolute atomic E-state index is 10.5. The molecule has 0 amide bonds. The van der Waals surface area contributed by atoms with E-state index >= 15 is 0 Å². The third-order valence-electron chi connectivity index (χ3n) is 2.79. The Labute approximate surface area is 104 Å². The number of carbonyl (C=O) groups excluding carboxylic acids is 1. The molecule has 0 aromatic heterocycles. The van der Waals surface area contributed by atoms with Crippen LogP contribution < -0.4 is 4.74 Å². The van der Waals surface area contributed by atoms with Gasteiger partial charge in [0.05, 0.1) is 10.6 Å². The average molecular weight is 283 g/mol. The predicted molar refractivity (Wildman–Crippen MR) is 66.9 cm³/mol. The van der Waals surface area contributed by atoms with Crippen molar-refractivity contribution in [1.29, 1.82) is 0 Å². The zero-order valence-corrected chi connectivity index (χ0v) is 10.9. The highest BCUT2D eigenvalue weighted by atomic mass is 79.9. The second-order valence-corrected chi connectivity index (χ2v) is 5.16. The van der Waals surface area contributed by atoms with Crippen LogP contribution in [0, 0.1) is 0 Å². The van der Waals surface area contributed by atoms with Gasteiger partial charge in [-0.05, 0) is 52.4 Å². The second kappa shape index (κ2) is 5.00. The molecule has 0 heterocycles. The van der Waals surface area contributed by atoms with E-state index in [9.17, 15) is 4.79 Å². The van der Waals surface area contributed by atoms with Crippen LogP contribution >= 0.6 is 15.9 Å². The molecule has 1 atom stereocenters. The Balaban J connectivity index is 2.10. The van der Waals surface area contributed by atoms with Gasteiger partial charge in [0.25, 0.3) is 0 Å². The maximum Gasteiger partial charge on any atom is 0.133 e. The van der Waals surface area contributed by atoms with E-state index in [2.05, 4.69) is 22.9 Å². The molecule has 86 valence electrons. The molecular weight excluding hydrogens is 268 g/mol. The van der Waals surface area contributed by atoms with Crippen LogP contribution in [0.3, 0.4) is 0 Å². The van der Waals surface area contributed by atoms with Gasteiger partial charge in [-0.25, -0.2) is 0 Å². The normalized spacial score (nSPS) is 16.9. The number of carbonyl (C=O) groups is 1. The quantitative estimate of drug-likeness (QED) is 0.770. The Bertz CT molecular complexity index is 386. The number of aldehydes is 1. The van der Waals surface area contributed by atoms with Gasteiger partial charge in [-0.1, -0.05) is 13.0 Å². The summed E-state index contributed by atoms with van der Waals surface area (Å²) in [6, 6.07) is 6.07. The first-order valence-corrected chi connectivity index (χ1v) is 6.39. The van der Waals surface area contributed by atoms with Crippen LogP contribution in [0.25, 0.3) is 0 Å². The van der Waals surface area contributed by atoms with Crippen molar-refractivity contribution in [3.8, 4) is 5.75 Å². The topological polar surface area (TPSA) is 26.3 Å². The van der Waals surface area contributed by atoms with Crippen molar-refractivity contribution in [2.45, 2.75) is 38.2 Å². The Morgan fingerprint density at radius 3 is 2.88 bits per heavy atom. The summed E-state index contributed by atoms with van der Waals surface area (Å²) in [6.07, 6.45) is 4.27. The summed E-state index contributed by atoms with van der Waals surface area (Å²) < 4.78 is 6.72. The molecule has 0 N–H and O–H groups in total. The lowest BCUT2D eigenvalue weighted by molar-refractivity contribution is -0.108. The summed E-state index contributed by atoms with van der Waals surface area (Å²) in [6.45, 7) is 2.05. The molecule has 1 unspecified atom stereocenters. The highest BCUT2D eigenvalue weighted by Crippen LogP contribution is 2.34. The first-order chi connectivity index (χ1) is 7.70. The minimum atomic E-state index is 0.267. The molecule has 1 saturated carbocycles. The van der Waals surface area contributed by atoms with E-state index in [1.54, 1.807) is 0 Å². The zero-order valence-electron chi connectivity index (χ0n) is 9.28. The molecule has 2 rings (SSSR count). The molecule has 1 aliphatic rings. The molecule has 2 nitrogen and oxygen atoms in total. The number of ether oxygens (including phenoxy) is 1. The van der Waals surface area contributed by atoms with Crippen LogP contribution in [0.4, 0.5) is 0 Å². The van der Waals surface area contributed by atoms with Gasteiger partial charge in [-0.15, -0.1) is 0 Å². The summed E-state index contributed by atoms with van der Waals surface area (Å²) >= 11 is 3.51. The third kappa shape index (κ3) is 2.85. The highest BCUT2D eigenvalue weighted by Gasteiger charge is 2.24. The van der Waals surface area contributed by atoms with Crippen molar-refractivity contribution in [3.05, 3.63) is 28.2 Å². The number of benzene rings is 1. The Hall–Kier alpha value is -0.830. The molecular formula is C13H15BrO2. The molecule has 0 bridgehead atoms. The van der Waals surface area contributed by atoms with Gasteiger partial charge in [0.15, 0.2) is 0 Å². The fraction of sp³-hybridized carbons (Fsp3) is 0.462. The third-order valence-corrected chi connectivity index (χ3v) is 3.41. The summed E-state index contributed by atoms with van der Waals surface area (Å²) in [5.41, 5.74) is 1.17. The number of halogens is 1. The fourth-order valence-electron chi connectivity index (χ4n) is 1.57. The minimum absolute atomic E-state index is 0.267. The molecule has 1 aromatic rings. The van der Waals surface area contributed by atoms with Crippen molar-refractivity contribution in [2.75, 3.05) is 0 Å². The van der Waals surface area contributed by atoms with E-state index in [0.717, 1.165) is 29.4 Å². The van der Waals surface area contributed by atoms with Gasteiger partial charge in [-0.2, -0.15) is 0 Å². The lowest BCUT2D eigenvalue weighted by Crippen LogP contribution is -1.99. The standard InChI is InChI=1S/C13H15BrO2/c1-9(6-7-15)10-2-5-13(12(14)8-10)16-11-3-4-11/h2,5,7-9,11H,3-4,6H2,1H3. The number of hydrogen-bond donors (Lipinski definition) is 0. The number of hydrogen-bond acceptors (Lipinski definition) is 2. The van der Waals surface area contributed by atoms with E-state index < -0.39 is 0 Å². The predicted octanol–water partition coefficient (Wildman–Crippen LogP) is 3.68.